The van der Waals surface area contributed by atoms with E-state index < -0.39 is 0 Å². The van der Waals surface area contributed by atoms with Crippen molar-refractivity contribution in [1.29, 1.82) is 0 Å². The van der Waals surface area contributed by atoms with E-state index in [0.29, 0.717) is 6.54 Å². The van der Waals surface area contributed by atoms with Crippen LogP contribution < -0.4 is 5.73 Å². The number of ether oxygens (including phenoxy) is 1. The molecule has 1 aromatic heterocycles. The Morgan fingerprint density at radius 1 is 1.77 bits per heavy atom. The van der Waals surface area contributed by atoms with Gasteiger partial charge in [0.1, 0.15) is 4.34 Å². The van der Waals surface area contributed by atoms with Gasteiger partial charge in [-0.3, -0.25) is 0 Å². The number of nitrogens with zero attached hydrogens (tertiary/aromatic N) is 1. The fourth-order valence-electron chi connectivity index (χ4n) is 0.866. The maximum absolute atomic E-state index is 5.54. The van der Waals surface area contributed by atoms with E-state index >= 15 is 0 Å². The number of hydrogen-bond acceptors (Lipinski definition) is 5. The minimum absolute atomic E-state index is 0.152. The molecule has 0 saturated heterocycles. The van der Waals surface area contributed by atoms with Gasteiger partial charge in [-0.05, 0) is 6.92 Å². The van der Waals surface area contributed by atoms with Crippen molar-refractivity contribution in [3.63, 3.8) is 0 Å². The molecule has 74 valence electrons. The van der Waals surface area contributed by atoms with Crippen LogP contribution in [0.5, 0.6) is 0 Å². The number of thioether (sulfide) groups is 1. The minimum Gasteiger partial charge on any atom is -0.376 e. The topological polar surface area (TPSA) is 48.1 Å². The smallest absolute Gasteiger partial charge is 0.149 e. The summed E-state index contributed by atoms with van der Waals surface area (Å²) >= 11 is 3.35. The molecule has 0 radical (unpaired) electrons. The Morgan fingerprint density at radius 2 is 2.62 bits per heavy atom. The summed E-state index contributed by atoms with van der Waals surface area (Å²) in [5.74, 6) is 0.887. The molecule has 0 fully saturated rings. The van der Waals surface area contributed by atoms with E-state index in [0.717, 1.165) is 16.7 Å². The van der Waals surface area contributed by atoms with Crippen molar-refractivity contribution >= 4 is 23.1 Å². The lowest BCUT2D eigenvalue weighted by atomic mass is 10.4. The first-order valence-electron chi connectivity index (χ1n) is 4.20. The van der Waals surface area contributed by atoms with E-state index in [2.05, 4.69) is 4.98 Å². The predicted octanol–water partition coefficient (Wildman–Crippen LogP) is 1.60. The summed E-state index contributed by atoms with van der Waals surface area (Å²) in [6, 6.07) is 0. The van der Waals surface area contributed by atoms with E-state index in [-0.39, 0.29) is 6.10 Å². The molecular weight excluding hydrogens is 204 g/mol. The molecule has 5 heteroatoms. The molecule has 0 amide bonds. The molecule has 0 aromatic carbocycles. The molecule has 0 aliphatic carbocycles. The van der Waals surface area contributed by atoms with Gasteiger partial charge in [0.25, 0.3) is 0 Å². The molecule has 1 aromatic rings. The zero-order chi connectivity index (χ0) is 9.52. The Bertz CT molecular complexity index is 216. The van der Waals surface area contributed by atoms with E-state index in [1.54, 1.807) is 23.1 Å². The van der Waals surface area contributed by atoms with Gasteiger partial charge in [-0.2, -0.15) is 0 Å². The first-order valence-corrected chi connectivity index (χ1v) is 6.07. The lowest BCUT2D eigenvalue weighted by Crippen LogP contribution is -2.26. The standard InChI is InChI=1S/C8H14N2OS2/c1-2-11-7(5-9)6-13-8-10-3-4-12-8/h3-4,7H,2,5-6,9H2,1H3. The van der Waals surface area contributed by atoms with Gasteiger partial charge in [-0.25, -0.2) is 4.98 Å². The van der Waals surface area contributed by atoms with E-state index in [9.17, 15) is 0 Å². The van der Waals surface area contributed by atoms with Crippen molar-refractivity contribution in [3.8, 4) is 0 Å². The van der Waals surface area contributed by atoms with Crippen LogP contribution in [0.15, 0.2) is 15.9 Å². The molecule has 3 nitrogen and oxygen atoms in total. The summed E-state index contributed by atoms with van der Waals surface area (Å²) < 4.78 is 6.50. The lowest BCUT2D eigenvalue weighted by molar-refractivity contribution is 0.0858. The van der Waals surface area contributed by atoms with Crippen molar-refractivity contribution in [1.82, 2.24) is 4.98 Å². The first-order chi connectivity index (χ1) is 6.36. The molecule has 0 aliphatic heterocycles. The number of thiazole rings is 1. The summed E-state index contributed by atoms with van der Waals surface area (Å²) in [5.41, 5.74) is 5.54. The second kappa shape index (κ2) is 6.37. The zero-order valence-corrected chi connectivity index (χ0v) is 9.24. The van der Waals surface area contributed by atoms with Crippen molar-refractivity contribution in [2.24, 2.45) is 5.73 Å². The highest BCUT2D eigenvalue weighted by atomic mass is 32.2. The molecule has 1 unspecified atom stereocenters. The lowest BCUT2D eigenvalue weighted by Gasteiger charge is -2.12. The second-order valence-electron chi connectivity index (χ2n) is 2.42. The van der Waals surface area contributed by atoms with Crippen molar-refractivity contribution in [2.45, 2.75) is 17.4 Å². The van der Waals surface area contributed by atoms with Crippen molar-refractivity contribution in [3.05, 3.63) is 11.6 Å². The molecule has 1 rings (SSSR count). The average Bonchev–Trinajstić information content (AvgIpc) is 2.64. The third kappa shape index (κ3) is 4.08. The van der Waals surface area contributed by atoms with E-state index in [1.807, 2.05) is 18.5 Å². The van der Waals surface area contributed by atoms with Gasteiger partial charge in [0.05, 0.1) is 6.10 Å². The molecule has 0 aliphatic rings. The molecule has 1 heterocycles. The summed E-state index contributed by atoms with van der Waals surface area (Å²) in [4.78, 5) is 4.17. The summed E-state index contributed by atoms with van der Waals surface area (Å²) in [7, 11) is 0. The first kappa shape index (κ1) is 11.0. The third-order valence-electron chi connectivity index (χ3n) is 1.47. The van der Waals surface area contributed by atoms with Gasteiger partial charge < -0.3 is 10.5 Å². The Balaban J connectivity index is 2.23. The highest BCUT2D eigenvalue weighted by Gasteiger charge is 2.07. The highest BCUT2D eigenvalue weighted by Crippen LogP contribution is 2.21. The highest BCUT2D eigenvalue weighted by molar-refractivity contribution is 8.01. The minimum atomic E-state index is 0.152. The molecule has 0 spiro atoms. The maximum Gasteiger partial charge on any atom is 0.149 e. The average molecular weight is 218 g/mol. The molecule has 2 N–H and O–H groups in total. The Labute approximate surface area is 86.7 Å². The van der Waals surface area contributed by atoms with Crippen LogP contribution in [0.1, 0.15) is 6.92 Å². The zero-order valence-electron chi connectivity index (χ0n) is 7.60. The van der Waals surface area contributed by atoms with Crippen LogP contribution in [-0.2, 0) is 4.74 Å². The van der Waals surface area contributed by atoms with Gasteiger partial charge in [-0.1, -0.05) is 11.8 Å². The second-order valence-corrected chi connectivity index (χ2v) is 4.58. The maximum atomic E-state index is 5.54. The van der Waals surface area contributed by atoms with Crippen LogP contribution in [0.3, 0.4) is 0 Å². The van der Waals surface area contributed by atoms with Crippen molar-refractivity contribution in [2.75, 3.05) is 18.9 Å². The Hall–Kier alpha value is -0.100. The van der Waals surface area contributed by atoms with Crippen LogP contribution in [0, 0.1) is 0 Å². The molecule has 1 atom stereocenters. The van der Waals surface area contributed by atoms with Gasteiger partial charge in [-0.15, -0.1) is 11.3 Å². The van der Waals surface area contributed by atoms with Crippen LogP contribution in [-0.4, -0.2) is 30.0 Å². The monoisotopic (exact) mass is 218 g/mol. The molecule has 0 bridgehead atoms. The van der Waals surface area contributed by atoms with Gasteiger partial charge in [0, 0.05) is 30.5 Å². The van der Waals surface area contributed by atoms with Crippen molar-refractivity contribution < 1.29 is 4.74 Å². The van der Waals surface area contributed by atoms with Crippen LogP contribution in [0.2, 0.25) is 0 Å². The SMILES string of the molecule is CCOC(CN)CSc1nccs1. The number of aromatic nitrogens is 1. The summed E-state index contributed by atoms with van der Waals surface area (Å²) in [6.45, 7) is 3.28. The quantitative estimate of drug-likeness (QED) is 0.737. The normalized spacial score (nSPS) is 13.1. The Kier molecular flexibility index (Phi) is 5.38. The number of rotatable bonds is 6. The predicted molar refractivity (Wildman–Crippen MR) is 57.3 cm³/mol. The van der Waals surface area contributed by atoms with Gasteiger partial charge in [0.15, 0.2) is 0 Å². The number of hydrogen-bond donors (Lipinski definition) is 1. The van der Waals surface area contributed by atoms with Gasteiger partial charge in [0.2, 0.25) is 0 Å². The van der Waals surface area contributed by atoms with Crippen LogP contribution in [0.25, 0.3) is 0 Å². The fraction of sp³-hybridized carbons (Fsp3) is 0.625. The molecule has 13 heavy (non-hydrogen) atoms. The molecule has 0 saturated carbocycles. The Morgan fingerprint density at radius 3 is 3.15 bits per heavy atom. The van der Waals surface area contributed by atoms with Crippen LogP contribution >= 0.6 is 23.1 Å². The largest absolute Gasteiger partial charge is 0.376 e. The number of nitrogens with two attached hydrogens (primary N) is 1. The third-order valence-corrected chi connectivity index (χ3v) is 3.57. The van der Waals surface area contributed by atoms with Crippen LogP contribution in [0.4, 0.5) is 0 Å². The molecular formula is C8H14N2OS2. The van der Waals surface area contributed by atoms with E-state index in [1.165, 1.54) is 0 Å². The van der Waals surface area contributed by atoms with Gasteiger partial charge >= 0.3 is 0 Å². The fourth-order valence-corrected chi connectivity index (χ4v) is 2.56. The summed E-state index contributed by atoms with van der Waals surface area (Å²) in [6.07, 6.45) is 1.96. The van der Waals surface area contributed by atoms with E-state index in [4.69, 9.17) is 10.5 Å². The summed E-state index contributed by atoms with van der Waals surface area (Å²) in [5, 5.41) is 1.97.